The third-order valence-corrected chi connectivity index (χ3v) is 3.04. The van der Waals surface area contributed by atoms with Crippen LogP contribution in [0.2, 0.25) is 0 Å². The fraction of sp³-hybridized carbons (Fsp3) is 0.133. The Morgan fingerprint density at radius 1 is 1.33 bits per heavy atom. The average Bonchev–Trinajstić information content (AvgIpc) is 2.84. The van der Waals surface area contributed by atoms with Crippen LogP contribution in [0.15, 0.2) is 30.5 Å². The molecule has 0 amide bonds. The lowest BCUT2D eigenvalue weighted by atomic mass is 10.1. The van der Waals surface area contributed by atoms with Crippen LogP contribution in [0.1, 0.15) is 21.6 Å². The van der Waals surface area contributed by atoms with Gasteiger partial charge in [-0.3, -0.25) is 0 Å². The molecule has 0 aliphatic rings. The van der Waals surface area contributed by atoms with Crippen molar-refractivity contribution in [3.63, 3.8) is 0 Å². The van der Waals surface area contributed by atoms with Gasteiger partial charge in [-0.25, -0.2) is 4.79 Å². The molecule has 1 aromatic heterocycles. The van der Waals surface area contributed by atoms with Gasteiger partial charge in [-0.05, 0) is 17.7 Å². The number of carbonyl (C=O) groups excluding carboxylic acids is 1. The Morgan fingerprint density at radius 2 is 2.00 bits per heavy atom. The van der Waals surface area contributed by atoms with E-state index >= 15 is 0 Å². The van der Waals surface area contributed by atoms with Crippen LogP contribution in [0.5, 0.6) is 0 Å². The van der Waals surface area contributed by atoms with Gasteiger partial charge in [-0.2, -0.15) is 10.5 Å². The molecule has 0 fully saturated rings. The zero-order valence-corrected chi connectivity index (χ0v) is 11.3. The van der Waals surface area contributed by atoms with E-state index in [0.29, 0.717) is 12.1 Å². The maximum absolute atomic E-state index is 11.9. The van der Waals surface area contributed by atoms with Gasteiger partial charge in [-0.1, -0.05) is 12.1 Å². The summed E-state index contributed by atoms with van der Waals surface area (Å²) in [6.07, 6.45) is 1.79. The van der Waals surface area contributed by atoms with Gasteiger partial charge in [0.1, 0.15) is 6.07 Å². The van der Waals surface area contributed by atoms with Crippen LogP contribution in [-0.2, 0) is 11.2 Å². The fourth-order valence-electron chi connectivity index (χ4n) is 1.98. The van der Waals surface area contributed by atoms with Crippen LogP contribution in [0.4, 0.5) is 5.69 Å². The molecule has 104 valence electrons. The molecule has 2 aromatic rings. The van der Waals surface area contributed by atoms with Crippen LogP contribution < -0.4 is 5.73 Å². The lowest BCUT2D eigenvalue weighted by Crippen LogP contribution is -2.11. The largest absolute Gasteiger partial charge is 0.464 e. The lowest BCUT2D eigenvalue weighted by molar-refractivity contribution is 0.0593. The number of nitrogen functional groups attached to an aromatic ring is 1. The monoisotopic (exact) mass is 280 g/mol. The van der Waals surface area contributed by atoms with Crippen molar-refractivity contribution >= 4 is 11.7 Å². The third kappa shape index (κ3) is 2.56. The third-order valence-electron chi connectivity index (χ3n) is 3.04. The maximum atomic E-state index is 11.9. The molecule has 0 saturated heterocycles. The zero-order valence-electron chi connectivity index (χ0n) is 11.3. The SMILES string of the molecule is COC(=O)c1c(N)c(C#N)cn1-c1ccc(CC#N)cc1. The number of ether oxygens (including phenoxy) is 1. The summed E-state index contributed by atoms with van der Waals surface area (Å²) in [7, 11) is 1.25. The number of carbonyl (C=O) groups is 1. The second kappa shape index (κ2) is 5.81. The molecule has 0 aliphatic heterocycles. The van der Waals surface area contributed by atoms with E-state index < -0.39 is 5.97 Å². The number of esters is 1. The summed E-state index contributed by atoms with van der Waals surface area (Å²) in [5, 5.41) is 17.7. The molecule has 0 spiro atoms. The average molecular weight is 280 g/mol. The van der Waals surface area contributed by atoms with Gasteiger partial charge in [-0.15, -0.1) is 0 Å². The summed E-state index contributed by atoms with van der Waals surface area (Å²) >= 11 is 0. The Kier molecular flexibility index (Phi) is 3.92. The van der Waals surface area contributed by atoms with Gasteiger partial charge in [0, 0.05) is 11.9 Å². The smallest absolute Gasteiger partial charge is 0.357 e. The van der Waals surface area contributed by atoms with E-state index in [1.165, 1.54) is 17.9 Å². The number of hydrogen-bond acceptors (Lipinski definition) is 5. The van der Waals surface area contributed by atoms with Gasteiger partial charge in [0.2, 0.25) is 0 Å². The van der Waals surface area contributed by atoms with E-state index in [-0.39, 0.29) is 16.9 Å². The summed E-state index contributed by atoms with van der Waals surface area (Å²) in [6.45, 7) is 0. The summed E-state index contributed by atoms with van der Waals surface area (Å²) in [5.41, 5.74) is 7.75. The summed E-state index contributed by atoms with van der Waals surface area (Å²) < 4.78 is 6.22. The summed E-state index contributed by atoms with van der Waals surface area (Å²) in [4.78, 5) is 11.9. The number of anilines is 1. The highest BCUT2D eigenvalue weighted by Crippen LogP contribution is 2.24. The molecule has 1 aromatic carbocycles. The molecule has 2 N–H and O–H groups in total. The van der Waals surface area contributed by atoms with Crippen molar-refractivity contribution in [2.24, 2.45) is 0 Å². The number of nitrogens with zero attached hydrogens (tertiary/aromatic N) is 3. The highest BCUT2D eigenvalue weighted by Gasteiger charge is 2.21. The van der Waals surface area contributed by atoms with Crippen molar-refractivity contribution in [3.05, 3.63) is 47.3 Å². The second-order valence-electron chi connectivity index (χ2n) is 4.28. The van der Waals surface area contributed by atoms with Crippen LogP contribution in [0.25, 0.3) is 5.69 Å². The highest BCUT2D eigenvalue weighted by atomic mass is 16.5. The van der Waals surface area contributed by atoms with E-state index in [1.807, 2.05) is 6.07 Å². The normalized spacial score (nSPS) is 9.67. The Labute approximate surface area is 121 Å². The van der Waals surface area contributed by atoms with Gasteiger partial charge in [0.05, 0.1) is 30.9 Å². The van der Waals surface area contributed by atoms with Crippen molar-refractivity contribution in [1.82, 2.24) is 4.57 Å². The number of methoxy groups -OCH3 is 1. The van der Waals surface area contributed by atoms with E-state index in [9.17, 15) is 4.79 Å². The van der Waals surface area contributed by atoms with E-state index in [1.54, 1.807) is 24.3 Å². The minimum atomic E-state index is -0.616. The van der Waals surface area contributed by atoms with Crippen LogP contribution in [-0.4, -0.2) is 17.6 Å². The zero-order chi connectivity index (χ0) is 15.4. The maximum Gasteiger partial charge on any atom is 0.357 e. The lowest BCUT2D eigenvalue weighted by Gasteiger charge is -2.08. The molecule has 0 aliphatic carbocycles. The molecule has 0 bridgehead atoms. The molecule has 0 atom stereocenters. The van der Waals surface area contributed by atoms with E-state index in [4.69, 9.17) is 21.0 Å². The number of nitrogens with two attached hydrogens (primary N) is 1. The first-order valence-electron chi connectivity index (χ1n) is 6.07. The first-order chi connectivity index (χ1) is 10.1. The van der Waals surface area contributed by atoms with Crippen molar-refractivity contribution in [2.45, 2.75) is 6.42 Å². The number of benzene rings is 1. The van der Waals surface area contributed by atoms with Crippen molar-refractivity contribution in [2.75, 3.05) is 12.8 Å². The highest BCUT2D eigenvalue weighted by molar-refractivity contribution is 5.95. The Bertz CT molecular complexity index is 761. The van der Waals surface area contributed by atoms with Gasteiger partial charge in [0.25, 0.3) is 0 Å². The first kappa shape index (κ1) is 14.2. The molecule has 6 heteroatoms. The molecule has 21 heavy (non-hydrogen) atoms. The van der Waals surface area contributed by atoms with Gasteiger partial charge >= 0.3 is 5.97 Å². The number of rotatable bonds is 3. The molecular weight excluding hydrogens is 268 g/mol. The predicted octanol–water partition coefficient (Wildman–Crippen LogP) is 1.78. The van der Waals surface area contributed by atoms with Crippen molar-refractivity contribution < 1.29 is 9.53 Å². The number of hydrogen-bond donors (Lipinski definition) is 1. The molecule has 1 heterocycles. The molecule has 6 nitrogen and oxygen atoms in total. The molecular formula is C15H12N4O2. The molecule has 0 saturated carbocycles. The predicted molar refractivity (Wildman–Crippen MR) is 75.6 cm³/mol. The van der Waals surface area contributed by atoms with Gasteiger partial charge in [0.15, 0.2) is 5.69 Å². The van der Waals surface area contributed by atoms with Crippen LogP contribution in [0.3, 0.4) is 0 Å². The van der Waals surface area contributed by atoms with Crippen molar-refractivity contribution in [3.8, 4) is 17.8 Å². The van der Waals surface area contributed by atoms with E-state index in [0.717, 1.165) is 5.56 Å². The minimum absolute atomic E-state index is 0.0884. The van der Waals surface area contributed by atoms with Crippen LogP contribution >= 0.6 is 0 Å². The van der Waals surface area contributed by atoms with Crippen LogP contribution in [0, 0.1) is 22.7 Å². The molecule has 0 radical (unpaired) electrons. The Hall–Kier alpha value is -3.25. The van der Waals surface area contributed by atoms with Crippen molar-refractivity contribution in [1.29, 1.82) is 10.5 Å². The number of nitriles is 2. The quantitative estimate of drug-likeness (QED) is 0.863. The molecule has 0 unspecified atom stereocenters. The van der Waals surface area contributed by atoms with E-state index in [2.05, 4.69) is 6.07 Å². The Morgan fingerprint density at radius 3 is 2.52 bits per heavy atom. The first-order valence-corrected chi connectivity index (χ1v) is 6.07. The standard InChI is InChI=1S/C15H12N4O2/c1-21-15(20)14-13(18)11(8-17)9-19(14)12-4-2-10(3-5-12)6-7-16/h2-5,9H,6,18H2,1H3. The second-order valence-corrected chi connectivity index (χ2v) is 4.28. The summed E-state index contributed by atoms with van der Waals surface area (Å²) in [6, 6.07) is 11.1. The summed E-state index contributed by atoms with van der Waals surface area (Å²) in [5.74, 6) is -0.616. The van der Waals surface area contributed by atoms with Gasteiger partial charge < -0.3 is 15.0 Å². The Balaban J connectivity index is 2.55. The minimum Gasteiger partial charge on any atom is -0.464 e. The number of aromatic nitrogens is 1. The molecule has 2 rings (SSSR count). The fourth-order valence-corrected chi connectivity index (χ4v) is 1.98. The topological polar surface area (TPSA) is 105 Å².